The van der Waals surface area contributed by atoms with E-state index in [1.165, 1.54) is 0 Å². The molecule has 15 heavy (non-hydrogen) atoms. The summed E-state index contributed by atoms with van der Waals surface area (Å²) in [6, 6.07) is 0. The lowest BCUT2D eigenvalue weighted by Gasteiger charge is -2.31. The highest BCUT2D eigenvalue weighted by atomic mass is 35.7. The first-order chi connectivity index (χ1) is 6.31. The Morgan fingerprint density at radius 3 is 1.20 bits per heavy atom. The summed E-state index contributed by atoms with van der Waals surface area (Å²) in [6.07, 6.45) is -6.80. The zero-order chi connectivity index (χ0) is 12.7. The van der Waals surface area contributed by atoms with Crippen LogP contribution >= 0.6 is 21.7 Å². The molecule has 0 nitrogen and oxygen atoms in total. The van der Waals surface area contributed by atoms with Crippen LogP contribution in [0, 0.1) is 0 Å². The summed E-state index contributed by atoms with van der Waals surface area (Å²) in [6.45, 7) is 0. The van der Waals surface area contributed by atoms with Gasteiger partial charge in [-0.25, -0.2) is 0 Å². The van der Waals surface area contributed by atoms with Gasteiger partial charge in [0.15, 0.2) is 0 Å². The number of alkyl halides is 9. The highest BCUT2D eigenvalue weighted by Gasteiger charge is 2.82. The van der Waals surface area contributed by atoms with Crippen molar-refractivity contribution in [1.82, 2.24) is 0 Å². The average Bonchev–Trinajstić information content (AvgIpc) is 2.01. The third-order valence-electron chi connectivity index (χ3n) is 1.21. The van der Waals surface area contributed by atoms with Gasteiger partial charge in [0.25, 0.3) is 0 Å². The topological polar surface area (TPSA) is 0 Å². The molecule has 0 amide bonds. The highest BCUT2D eigenvalue weighted by molar-refractivity contribution is 8.21. The van der Waals surface area contributed by atoms with Crippen molar-refractivity contribution >= 4 is 21.7 Å². The Bertz CT molecular complexity index is 233. The van der Waals surface area contributed by atoms with Gasteiger partial charge >= 0.3 is 23.3 Å². The monoisotopic (exact) mass is 286 g/mol. The Morgan fingerprint density at radius 1 is 0.667 bits per heavy atom. The molecule has 0 aromatic heterocycles. The van der Waals surface area contributed by atoms with E-state index in [2.05, 4.69) is 10.7 Å². The van der Waals surface area contributed by atoms with Crippen molar-refractivity contribution in [1.29, 1.82) is 0 Å². The molecule has 0 bridgehead atoms. The van der Waals surface area contributed by atoms with Gasteiger partial charge in [-0.05, 0) is 10.7 Å². The van der Waals surface area contributed by atoms with Crippen molar-refractivity contribution < 1.29 is 39.5 Å². The molecule has 0 atom stereocenters. The molecule has 0 aliphatic rings. The lowest BCUT2D eigenvalue weighted by Crippen LogP contribution is -2.59. The first-order valence-electron chi connectivity index (χ1n) is 2.81. The van der Waals surface area contributed by atoms with Crippen LogP contribution in [0.5, 0.6) is 0 Å². The van der Waals surface area contributed by atoms with Gasteiger partial charge in [0.1, 0.15) is 0 Å². The average molecular weight is 287 g/mol. The molecule has 0 fully saturated rings. The Morgan fingerprint density at radius 2 is 1.00 bits per heavy atom. The molecule has 0 aliphatic heterocycles. The molecule has 0 saturated carbocycles. The number of halogens is 10. The first kappa shape index (κ1) is 15.0. The predicted octanol–water partition coefficient (Wildman–Crippen LogP) is 4.30. The summed E-state index contributed by atoms with van der Waals surface area (Å²) in [7, 11) is 2.51. The zero-order valence-electron chi connectivity index (χ0n) is 6.19. The molecular weight excluding hydrogens is 287 g/mol. The fourth-order valence-corrected chi connectivity index (χ4v) is 0.925. The Labute approximate surface area is 85.3 Å². The maximum Gasteiger partial charge on any atom is 0.460 e. The van der Waals surface area contributed by atoms with Gasteiger partial charge in [0.05, 0.1) is 0 Å². The molecule has 0 aromatic carbocycles. The lowest BCUT2D eigenvalue weighted by atomic mass is 10.1. The van der Waals surface area contributed by atoms with Crippen LogP contribution < -0.4 is 0 Å². The van der Waals surface area contributed by atoms with E-state index in [1.54, 1.807) is 0 Å². The van der Waals surface area contributed by atoms with Crippen molar-refractivity contribution in [3.05, 3.63) is 0 Å². The first-order valence-corrected chi connectivity index (χ1v) is 4.45. The molecule has 0 unspecified atom stereocenters. The highest BCUT2D eigenvalue weighted by Crippen LogP contribution is 2.57. The van der Waals surface area contributed by atoms with Crippen molar-refractivity contribution in [3.63, 3.8) is 0 Å². The second-order valence-corrected chi connectivity index (χ2v) is 3.37. The van der Waals surface area contributed by atoms with Crippen LogP contribution in [-0.2, 0) is 0 Å². The van der Waals surface area contributed by atoms with Gasteiger partial charge < -0.3 is 0 Å². The van der Waals surface area contributed by atoms with Gasteiger partial charge in [-0.2, -0.15) is 39.5 Å². The maximum absolute atomic E-state index is 12.2. The summed E-state index contributed by atoms with van der Waals surface area (Å²) >= 11 is 0. The molecular formula is C4ClF9S. The fourth-order valence-electron chi connectivity index (χ4n) is 0.409. The second kappa shape index (κ2) is 3.79. The van der Waals surface area contributed by atoms with Gasteiger partial charge in [0, 0.05) is 11.0 Å². The third kappa shape index (κ3) is 2.24. The van der Waals surface area contributed by atoms with E-state index in [-0.39, 0.29) is 0 Å². The maximum atomic E-state index is 12.2. The van der Waals surface area contributed by atoms with Crippen molar-refractivity contribution in [2.75, 3.05) is 0 Å². The SMILES string of the molecule is FC(F)(F)C(F)(F)C(F)(F)C(F)(F)SCl. The minimum absolute atomic E-state index is 1.61. The quantitative estimate of drug-likeness (QED) is 0.697. The summed E-state index contributed by atoms with van der Waals surface area (Å²) in [5, 5.41) is -5.74. The van der Waals surface area contributed by atoms with Crippen molar-refractivity contribution in [2.24, 2.45) is 0 Å². The van der Waals surface area contributed by atoms with E-state index < -0.39 is 34.3 Å². The Balaban J connectivity index is 5.38. The summed E-state index contributed by atoms with van der Waals surface area (Å²) in [5.74, 6) is -13.5. The second-order valence-electron chi connectivity index (χ2n) is 2.24. The van der Waals surface area contributed by atoms with Crippen molar-refractivity contribution in [3.8, 4) is 0 Å². The van der Waals surface area contributed by atoms with Crippen LogP contribution in [-0.4, -0.2) is 23.3 Å². The van der Waals surface area contributed by atoms with Crippen LogP contribution in [0.1, 0.15) is 0 Å². The van der Waals surface area contributed by atoms with E-state index in [9.17, 15) is 39.5 Å². The zero-order valence-corrected chi connectivity index (χ0v) is 7.76. The lowest BCUT2D eigenvalue weighted by molar-refractivity contribution is -0.381. The molecule has 0 N–H and O–H groups in total. The third-order valence-corrected chi connectivity index (χ3v) is 2.24. The van der Waals surface area contributed by atoms with E-state index in [1.807, 2.05) is 0 Å². The summed E-state index contributed by atoms with van der Waals surface area (Å²) in [4.78, 5) is 0. The van der Waals surface area contributed by atoms with E-state index >= 15 is 0 Å². The van der Waals surface area contributed by atoms with Crippen molar-refractivity contribution in [2.45, 2.75) is 23.3 Å². The van der Waals surface area contributed by atoms with E-state index in [0.717, 1.165) is 0 Å². The van der Waals surface area contributed by atoms with Crippen LogP contribution in [0.3, 0.4) is 0 Å². The molecule has 0 heterocycles. The molecule has 0 saturated heterocycles. The summed E-state index contributed by atoms with van der Waals surface area (Å²) in [5.41, 5.74) is 0. The van der Waals surface area contributed by atoms with Gasteiger partial charge in [-0.1, -0.05) is 0 Å². The minimum Gasteiger partial charge on any atom is -0.191 e. The molecule has 0 spiro atoms. The number of hydrogen-bond acceptors (Lipinski definition) is 1. The van der Waals surface area contributed by atoms with Gasteiger partial charge in [-0.15, -0.1) is 0 Å². The standard InChI is InChI=1S/C4ClF9S/c5-15-4(13,14)2(8,9)1(6,7)3(10,11)12. The van der Waals surface area contributed by atoms with Crippen LogP contribution in [0.15, 0.2) is 0 Å². The Hall–Kier alpha value is 0.01000. The fraction of sp³-hybridized carbons (Fsp3) is 1.00. The van der Waals surface area contributed by atoms with Crippen LogP contribution in [0.2, 0.25) is 0 Å². The molecule has 0 rings (SSSR count). The number of hydrogen-bond donors (Lipinski definition) is 0. The van der Waals surface area contributed by atoms with Crippen LogP contribution in [0.25, 0.3) is 0 Å². The Kier molecular flexibility index (Phi) is 3.79. The van der Waals surface area contributed by atoms with Gasteiger partial charge in [-0.3, -0.25) is 0 Å². The van der Waals surface area contributed by atoms with E-state index in [4.69, 9.17) is 0 Å². The molecule has 92 valence electrons. The predicted molar refractivity (Wildman–Crippen MR) is 34.3 cm³/mol. The van der Waals surface area contributed by atoms with E-state index in [0.29, 0.717) is 0 Å². The molecule has 11 heteroatoms. The largest absolute Gasteiger partial charge is 0.460 e. The normalized spacial score (nSPS) is 15.6. The molecule has 0 aromatic rings. The molecule has 0 radical (unpaired) electrons. The number of rotatable bonds is 3. The minimum atomic E-state index is -6.87. The van der Waals surface area contributed by atoms with Crippen LogP contribution in [0.4, 0.5) is 39.5 Å². The smallest absolute Gasteiger partial charge is 0.191 e. The van der Waals surface area contributed by atoms with Gasteiger partial charge in [0.2, 0.25) is 0 Å². The molecule has 0 aliphatic carbocycles. The summed E-state index contributed by atoms with van der Waals surface area (Å²) < 4.78 is 106.